The van der Waals surface area contributed by atoms with Gasteiger partial charge in [-0.05, 0) is 110 Å². The number of benzene rings is 4. The Kier molecular flexibility index (Phi) is 12.1. The lowest BCUT2D eigenvalue weighted by Crippen LogP contribution is -2.45. The Morgan fingerprint density at radius 3 is 2.50 bits per heavy atom. The number of piperidine rings is 1. The zero-order valence-corrected chi connectivity index (χ0v) is 32.7. The Morgan fingerprint density at radius 2 is 1.77 bits per heavy atom. The molecule has 0 bridgehead atoms. The molecule has 56 heavy (non-hydrogen) atoms. The molecule has 2 fully saturated rings. The minimum Gasteiger partial charge on any atom is -0.493 e. The molecule has 0 radical (unpaired) electrons. The maximum absolute atomic E-state index is 14.3. The van der Waals surface area contributed by atoms with E-state index in [1.54, 1.807) is 25.1 Å². The SMILES string of the molecule is Cc1c(OCCCN2CCC(C)(F)C2)cccc1-c1cccc2c1CC[C@@H]2Oc1cc(OCc2cc(C#N)cc(C#N)c2)c(CN[C@H]2CCC(=O)NC2)cc1Cl. The molecule has 3 atom stereocenters. The summed E-state index contributed by atoms with van der Waals surface area (Å²) in [6, 6.07) is 25.5. The van der Waals surface area contributed by atoms with Gasteiger partial charge in [-0.25, -0.2) is 4.39 Å². The van der Waals surface area contributed by atoms with E-state index in [-0.39, 0.29) is 24.7 Å². The van der Waals surface area contributed by atoms with Crippen molar-refractivity contribution in [1.82, 2.24) is 15.5 Å². The normalized spacial score (nSPS) is 20.5. The summed E-state index contributed by atoms with van der Waals surface area (Å²) in [5, 5.41) is 25.9. The average molecular weight is 776 g/mol. The van der Waals surface area contributed by atoms with Crippen LogP contribution in [0.1, 0.15) is 84.1 Å². The zero-order chi connectivity index (χ0) is 39.2. The molecular weight excluding hydrogens is 729 g/mol. The van der Waals surface area contributed by atoms with Crippen molar-refractivity contribution in [3.05, 3.63) is 111 Å². The monoisotopic (exact) mass is 775 g/mol. The van der Waals surface area contributed by atoms with Gasteiger partial charge in [0.1, 0.15) is 35.6 Å². The van der Waals surface area contributed by atoms with Gasteiger partial charge in [0.25, 0.3) is 0 Å². The number of rotatable bonds is 14. The third-order valence-corrected chi connectivity index (χ3v) is 11.3. The highest BCUT2D eigenvalue weighted by Crippen LogP contribution is 2.44. The molecular formula is C45H47ClFN5O4. The van der Waals surface area contributed by atoms with Crippen LogP contribution in [0.4, 0.5) is 4.39 Å². The van der Waals surface area contributed by atoms with E-state index in [9.17, 15) is 19.7 Å². The molecule has 0 saturated carbocycles. The van der Waals surface area contributed by atoms with Crippen LogP contribution in [0.5, 0.6) is 17.2 Å². The fourth-order valence-corrected chi connectivity index (χ4v) is 8.28. The summed E-state index contributed by atoms with van der Waals surface area (Å²) >= 11 is 6.94. The lowest BCUT2D eigenvalue weighted by molar-refractivity contribution is -0.122. The maximum atomic E-state index is 14.3. The molecule has 9 nitrogen and oxygen atoms in total. The lowest BCUT2D eigenvalue weighted by atomic mass is 9.93. The average Bonchev–Trinajstić information content (AvgIpc) is 3.78. The molecule has 2 heterocycles. The fraction of sp³-hybridized carbons (Fsp3) is 0.400. The van der Waals surface area contributed by atoms with Crippen LogP contribution in [0.2, 0.25) is 5.02 Å². The molecule has 3 aliphatic rings. The molecule has 2 saturated heterocycles. The number of carbonyl (C=O) groups excluding carboxylic acids is 1. The van der Waals surface area contributed by atoms with Crippen molar-refractivity contribution in [3.63, 3.8) is 0 Å². The van der Waals surface area contributed by atoms with E-state index in [2.05, 4.69) is 58.9 Å². The van der Waals surface area contributed by atoms with Crippen LogP contribution < -0.4 is 24.8 Å². The molecule has 11 heteroatoms. The van der Waals surface area contributed by atoms with Crippen molar-refractivity contribution in [3.8, 4) is 40.5 Å². The van der Waals surface area contributed by atoms with Gasteiger partial charge in [0.15, 0.2) is 0 Å². The highest BCUT2D eigenvalue weighted by atomic mass is 35.5. The predicted molar refractivity (Wildman–Crippen MR) is 214 cm³/mol. The summed E-state index contributed by atoms with van der Waals surface area (Å²) in [5.41, 5.74) is 6.90. The predicted octanol–water partition coefficient (Wildman–Crippen LogP) is 8.28. The number of fused-ring (bicyclic) bond motifs is 1. The fourth-order valence-electron chi connectivity index (χ4n) is 8.05. The first kappa shape index (κ1) is 39.1. The second kappa shape index (κ2) is 17.3. The Morgan fingerprint density at radius 1 is 0.982 bits per heavy atom. The number of alkyl halides is 1. The Hall–Kier alpha value is -5.13. The van der Waals surface area contributed by atoms with Crippen molar-refractivity contribution >= 4 is 17.5 Å². The number of nitrogens with one attached hydrogen (secondary N) is 2. The van der Waals surface area contributed by atoms with Gasteiger partial charge in [-0.1, -0.05) is 41.9 Å². The molecule has 2 N–H and O–H groups in total. The summed E-state index contributed by atoms with van der Waals surface area (Å²) in [5.74, 6) is 1.98. The smallest absolute Gasteiger partial charge is 0.220 e. The van der Waals surface area contributed by atoms with Crippen molar-refractivity contribution in [2.75, 3.05) is 32.8 Å². The van der Waals surface area contributed by atoms with Gasteiger partial charge in [-0.2, -0.15) is 10.5 Å². The van der Waals surface area contributed by atoms with E-state index in [1.807, 2.05) is 24.3 Å². The summed E-state index contributed by atoms with van der Waals surface area (Å²) < 4.78 is 33.6. The van der Waals surface area contributed by atoms with Crippen LogP contribution in [0.25, 0.3) is 11.1 Å². The van der Waals surface area contributed by atoms with Crippen LogP contribution in [0, 0.1) is 29.6 Å². The van der Waals surface area contributed by atoms with E-state index in [0.29, 0.717) is 72.3 Å². The summed E-state index contributed by atoms with van der Waals surface area (Å²) in [6.45, 7) is 7.58. The van der Waals surface area contributed by atoms with Gasteiger partial charge >= 0.3 is 0 Å². The van der Waals surface area contributed by atoms with E-state index in [4.69, 9.17) is 25.8 Å². The van der Waals surface area contributed by atoms with E-state index in [1.165, 1.54) is 5.56 Å². The standard InChI is InChI=1S/C45H47ClFN5O4/c1-29-35(6-4-9-40(29)54-17-5-15-52-16-14-45(2,47)28-52)36-7-3-8-38-37(36)11-12-41(38)56-43-22-42(55-27-32-19-30(23-48)18-31(20-32)24-49)33(21-39(43)46)25-50-34-10-13-44(53)51-26-34/h3-4,6-9,18-22,34,41,50H,5,10-17,25-28H2,1-2H3,(H,51,53)/t34-,41-,45?/m0/s1. The molecule has 1 amide bonds. The summed E-state index contributed by atoms with van der Waals surface area (Å²) in [6.07, 6.45) is 4.01. The second-order valence-electron chi connectivity index (χ2n) is 15.3. The first-order valence-corrected chi connectivity index (χ1v) is 19.8. The molecule has 0 aromatic heterocycles. The lowest BCUT2D eigenvalue weighted by Gasteiger charge is -2.24. The number of amides is 1. The molecule has 290 valence electrons. The zero-order valence-electron chi connectivity index (χ0n) is 31.9. The van der Waals surface area contributed by atoms with Crippen molar-refractivity contribution < 1.29 is 23.4 Å². The van der Waals surface area contributed by atoms with Gasteiger partial charge in [0.05, 0.1) is 34.9 Å². The largest absolute Gasteiger partial charge is 0.493 e. The third-order valence-electron chi connectivity index (χ3n) is 11.0. The van der Waals surface area contributed by atoms with Crippen LogP contribution in [-0.4, -0.2) is 55.3 Å². The molecule has 1 aliphatic carbocycles. The second-order valence-corrected chi connectivity index (χ2v) is 15.7. The van der Waals surface area contributed by atoms with Crippen LogP contribution >= 0.6 is 11.6 Å². The van der Waals surface area contributed by atoms with Crippen LogP contribution in [-0.2, 0) is 24.4 Å². The first-order valence-electron chi connectivity index (χ1n) is 19.4. The molecule has 0 spiro atoms. The van der Waals surface area contributed by atoms with Gasteiger partial charge < -0.3 is 24.8 Å². The number of nitriles is 2. The van der Waals surface area contributed by atoms with Crippen LogP contribution in [0.15, 0.2) is 66.7 Å². The number of ether oxygens (including phenoxy) is 3. The van der Waals surface area contributed by atoms with Gasteiger partial charge in [-0.15, -0.1) is 0 Å². The van der Waals surface area contributed by atoms with Gasteiger partial charge in [-0.3, -0.25) is 9.69 Å². The molecule has 7 rings (SSSR count). The number of nitrogens with zero attached hydrogens (tertiary/aromatic N) is 3. The molecule has 4 aromatic rings. The molecule has 1 unspecified atom stereocenters. The van der Waals surface area contributed by atoms with E-state index in [0.717, 1.165) is 72.3 Å². The van der Waals surface area contributed by atoms with Crippen LogP contribution in [0.3, 0.4) is 0 Å². The Bertz CT molecular complexity index is 2140. The number of carbonyl (C=O) groups is 1. The van der Waals surface area contributed by atoms with Gasteiger partial charge in [0.2, 0.25) is 5.91 Å². The Balaban J connectivity index is 1.08. The van der Waals surface area contributed by atoms with E-state index < -0.39 is 5.67 Å². The topological polar surface area (TPSA) is 120 Å². The third kappa shape index (κ3) is 9.28. The van der Waals surface area contributed by atoms with Gasteiger partial charge in [0, 0.05) is 56.8 Å². The minimum atomic E-state index is -1.09. The first-order chi connectivity index (χ1) is 27.1. The van der Waals surface area contributed by atoms with Crippen molar-refractivity contribution in [1.29, 1.82) is 10.5 Å². The number of hydrogen-bond acceptors (Lipinski definition) is 8. The van der Waals surface area contributed by atoms with E-state index >= 15 is 0 Å². The Labute approximate surface area is 333 Å². The highest BCUT2D eigenvalue weighted by molar-refractivity contribution is 6.32. The number of likely N-dealkylation sites (tertiary alicyclic amines) is 1. The highest BCUT2D eigenvalue weighted by Gasteiger charge is 2.33. The number of halogens is 2. The number of hydrogen-bond donors (Lipinski definition) is 2. The van der Waals surface area contributed by atoms with Crippen molar-refractivity contribution in [2.45, 2.75) is 83.3 Å². The summed E-state index contributed by atoms with van der Waals surface area (Å²) in [7, 11) is 0. The molecule has 2 aliphatic heterocycles. The maximum Gasteiger partial charge on any atom is 0.220 e. The molecule has 4 aromatic carbocycles. The van der Waals surface area contributed by atoms with Crippen molar-refractivity contribution in [2.24, 2.45) is 0 Å². The summed E-state index contributed by atoms with van der Waals surface area (Å²) in [4.78, 5) is 13.9. The minimum absolute atomic E-state index is 0.0552. The quantitative estimate of drug-likeness (QED) is 0.123.